The molecular formula is C22H26N2O5. The van der Waals surface area contributed by atoms with Crippen LogP contribution in [0, 0.1) is 0 Å². The molecule has 2 N–H and O–H groups in total. The number of ether oxygens (including phenoxy) is 3. The Labute approximate surface area is 170 Å². The fourth-order valence-electron chi connectivity index (χ4n) is 2.85. The second-order valence-corrected chi connectivity index (χ2v) is 6.70. The van der Waals surface area contributed by atoms with Crippen LogP contribution in [0.3, 0.4) is 0 Å². The fraction of sp³-hybridized carbons (Fsp3) is 0.364. The molecule has 0 fully saturated rings. The summed E-state index contributed by atoms with van der Waals surface area (Å²) in [6.45, 7) is 5.19. The van der Waals surface area contributed by atoms with Crippen LogP contribution >= 0.6 is 0 Å². The van der Waals surface area contributed by atoms with Crippen LogP contribution in [0.15, 0.2) is 42.5 Å². The SMILES string of the molecule is CCCOc1ccc(NC(=O)C[C@@H]2Oc3ccccc3NC2=O)cc1OCCC. The Bertz CT molecular complexity index is 868. The maximum atomic E-state index is 12.5. The molecule has 0 saturated carbocycles. The smallest absolute Gasteiger partial charge is 0.266 e. The van der Waals surface area contributed by atoms with Gasteiger partial charge in [0, 0.05) is 11.8 Å². The fourth-order valence-corrected chi connectivity index (χ4v) is 2.85. The molecule has 1 atom stereocenters. The number of benzene rings is 2. The van der Waals surface area contributed by atoms with Crippen molar-refractivity contribution in [3.63, 3.8) is 0 Å². The highest BCUT2D eigenvalue weighted by atomic mass is 16.5. The van der Waals surface area contributed by atoms with Crippen LogP contribution in [0.5, 0.6) is 17.2 Å². The predicted molar refractivity (Wildman–Crippen MR) is 111 cm³/mol. The minimum absolute atomic E-state index is 0.0978. The van der Waals surface area contributed by atoms with Crippen molar-refractivity contribution in [2.24, 2.45) is 0 Å². The number of nitrogens with one attached hydrogen (secondary N) is 2. The lowest BCUT2D eigenvalue weighted by Gasteiger charge is -2.25. The van der Waals surface area contributed by atoms with Crippen LogP contribution in [-0.2, 0) is 9.59 Å². The first kappa shape index (κ1) is 20.5. The zero-order chi connectivity index (χ0) is 20.6. The zero-order valence-electron chi connectivity index (χ0n) is 16.7. The third kappa shape index (κ3) is 5.40. The lowest BCUT2D eigenvalue weighted by Crippen LogP contribution is -2.39. The first-order chi connectivity index (χ1) is 14.1. The maximum absolute atomic E-state index is 12.5. The quantitative estimate of drug-likeness (QED) is 0.667. The summed E-state index contributed by atoms with van der Waals surface area (Å²) in [6, 6.07) is 12.4. The van der Waals surface area contributed by atoms with Crippen LogP contribution in [0.2, 0.25) is 0 Å². The lowest BCUT2D eigenvalue weighted by molar-refractivity contribution is -0.128. The first-order valence-electron chi connectivity index (χ1n) is 9.86. The van der Waals surface area contributed by atoms with Gasteiger partial charge < -0.3 is 24.8 Å². The topological polar surface area (TPSA) is 85.9 Å². The molecule has 0 saturated heterocycles. The number of hydrogen-bond donors (Lipinski definition) is 2. The summed E-state index contributed by atoms with van der Waals surface area (Å²) in [4.78, 5) is 24.7. The highest BCUT2D eigenvalue weighted by Gasteiger charge is 2.29. The van der Waals surface area contributed by atoms with Crippen LogP contribution in [-0.4, -0.2) is 31.1 Å². The molecule has 0 unspecified atom stereocenters. The number of para-hydroxylation sites is 2. The molecule has 3 rings (SSSR count). The minimum atomic E-state index is -0.882. The van der Waals surface area contributed by atoms with Crippen LogP contribution < -0.4 is 24.8 Å². The third-order valence-electron chi connectivity index (χ3n) is 4.23. The normalized spacial score (nSPS) is 15.0. The van der Waals surface area contributed by atoms with Gasteiger partial charge in [0.2, 0.25) is 5.91 Å². The van der Waals surface area contributed by atoms with Gasteiger partial charge in [-0.3, -0.25) is 9.59 Å². The van der Waals surface area contributed by atoms with E-state index in [2.05, 4.69) is 10.6 Å². The van der Waals surface area contributed by atoms with Crippen LogP contribution in [0.4, 0.5) is 11.4 Å². The number of rotatable bonds is 9. The van der Waals surface area contributed by atoms with Crippen molar-refractivity contribution in [3.05, 3.63) is 42.5 Å². The second-order valence-electron chi connectivity index (χ2n) is 6.70. The molecule has 0 radical (unpaired) electrons. The average molecular weight is 398 g/mol. The van der Waals surface area contributed by atoms with Gasteiger partial charge in [-0.25, -0.2) is 0 Å². The number of anilines is 2. The molecule has 29 heavy (non-hydrogen) atoms. The van der Waals surface area contributed by atoms with Crippen molar-refractivity contribution < 1.29 is 23.8 Å². The lowest BCUT2D eigenvalue weighted by atomic mass is 10.1. The van der Waals surface area contributed by atoms with Gasteiger partial charge in [0.25, 0.3) is 5.91 Å². The molecule has 0 spiro atoms. The molecule has 1 aliphatic heterocycles. The number of hydrogen-bond acceptors (Lipinski definition) is 5. The van der Waals surface area contributed by atoms with E-state index in [9.17, 15) is 9.59 Å². The maximum Gasteiger partial charge on any atom is 0.266 e. The molecule has 0 aliphatic carbocycles. The van der Waals surface area contributed by atoms with Crippen LogP contribution in [0.1, 0.15) is 33.1 Å². The Hall–Kier alpha value is -3.22. The molecule has 7 heteroatoms. The number of fused-ring (bicyclic) bond motifs is 1. The Kier molecular flexibility index (Phi) is 6.94. The molecule has 7 nitrogen and oxygen atoms in total. The molecule has 0 bridgehead atoms. The molecule has 1 heterocycles. The van der Waals surface area contributed by atoms with Crippen molar-refractivity contribution in [3.8, 4) is 17.2 Å². The molecule has 2 aromatic rings. The molecule has 154 valence electrons. The standard InChI is InChI=1S/C22H26N2O5/c1-3-11-27-18-10-9-15(13-19(18)28-12-4-2)23-21(25)14-20-22(26)24-16-7-5-6-8-17(16)29-20/h5-10,13,20H,3-4,11-12,14H2,1-2H3,(H,23,25)(H,24,26)/t20-/m0/s1. The largest absolute Gasteiger partial charge is 0.490 e. The summed E-state index contributed by atoms with van der Waals surface area (Å²) < 4.78 is 17.1. The Morgan fingerprint density at radius 3 is 2.55 bits per heavy atom. The minimum Gasteiger partial charge on any atom is -0.490 e. The molecular weight excluding hydrogens is 372 g/mol. The van der Waals surface area contributed by atoms with E-state index >= 15 is 0 Å². The second kappa shape index (κ2) is 9.82. The van der Waals surface area contributed by atoms with E-state index in [0.717, 1.165) is 12.8 Å². The van der Waals surface area contributed by atoms with Crippen molar-refractivity contribution in [1.29, 1.82) is 0 Å². The first-order valence-corrected chi connectivity index (χ1v) is 9.86. The summed E-state index contributed by atoms with van der Waals surface area (Å²) in [6.07, 6.45) is 0.768. The van der Waals surface area contributed by atoms with E-state index in [1.165, 1.54) is 0 Å². The van der Waals surface area contributed by atoms with Crippen molar-refractivity contribution in [2.75, 3.05) is 23.8 Å². The predicted octanol–water partition coefficient (Wildman–Crippen LogP) is 3.99. The summed E-state index contributed by atoms with van der Waals surface area (Å²) >= 11 is 0. The van der Waals surface area contributed by atoms with Gasteiger partial charge in [0.05, 0.1) is 25.3 Å². The van der Waals surface area contributed by atoms with Crippen LogP contribution in [0.25, 0.3) is 0 Å². The zero-order valence-corrected chi connectivity index (χ0v) is 16.7. The average Bonchev–Trinajstić information content (AvgIpc) is 2.72. The molecule has 2 aromatic carbocycles. The van der Waals surface area contributed by atoms with Crippen molar-refractivity contribution in [2.45, 2.75) is 39.2 Å². The Morgan fingerprint density at radius 2 is 1.79 bits per heavy atom. The number of amides is 2. The van der Waals surface area contributed by atoms with Gasteiger partial charge in [0.1, 0.15) is 5.75 Å². The van der Waals surface area contributed by atoms with E-state index in [4.69, 9.17) is 14.2 Å². The van der Waals surface area contributed by atoms with Gasteiger partial charge in [-0.15, -0.1) is 0 Å². The highest BCUT2D eigenvalue weighted by molar-refractivity contribution is 6.02. The number of carbonyl (C=O) groups is 2. The summed E-state index contributed by atoms with van der Waals surface area (Å²) in [7, 11) is 0. The summed E-state index contributed by atoms with van der Waals surface area (Å²) in [5.74, 6) is 1.11. The monoisotopic (exact) mass is 398 g/mol. The van der Waals surface area contributed by atoms with Gasteiger partial charge in [-0.05, 0) is 37.1 Å². The van der Waals surface area contributed by atoms with E-state index in [1.54, 1.807) is 30.3 Å². The van der Waals surface area contributed by atoms with Crippen molar-refractivity contribution >= 4 is 23.2 Å². The van der Waals surface area contributed by atoms with E-state index in [-0.39, 0.29) is 18.2 Å². The van der Waals surface area contributed by atoms with Crippen molar-refractivity contribution in [1.82, 2.24) is 0 Å². The van der Waals surface area contributed by atoms with Gasteiger partial charge in [0.15, 0.2) is 17.6 Å². The van der Waals surface area contributed by atoms with Gasteiger partial charge in [-0.2, -0.15) is 0 Å². The summed E-state index contributed by atoms with van der Waals surface area (Å²) in [5, 5.41) is 5.56. The third-order valence-corrected chi connectivity index (χ3v) is 4.23. The van der Waals surface area contributed by atoms with E-state index in [1.807, 2.05) is 26.0 Å². The molecule has 2 amide bonds. The summed E-state index contributed by atoms with van der Waals surface area (Å²) in [5.41, 5.74) is 1.18. The molecule has 1 aliphatic rings. The van der Waals surface area contributed by atoms with E-state index in [0.29, 0.717) is 41.8 Å². The molecule has 0 aromatic heterocycles. The van der Waals surface area contributed by atoms with Gasteiger partial charge in [-0.1, -0.05) is 26.0 Å². The number of carbonyl (C=O) groups excluding carboxylic acids is 2. The highest BCUT2D eigenvalue weighted by Crippen LogP contribution is 2.32. The van der Waals surface area contributed by atoms with E-state index < -0.39 is 6.10 Å². The Morgan fingerprint density at radius 1 is 1.07 bits per heavy atom. The van der Waals surface area contributed by atoms with Gasteiger partial charge >= 0.3 is 0 Å². The Balaban J connectivity index is 1.64.